The van der Waals surface area contributed by atoms with Crippen molar-refractivity contribution in [2.24, 2.45) is 0 Å². The molecule has 0 aliphatic carbocycles. The monoisotopic (exact) mass is 357 g/mol. The molecule has 0 spiro atoms. The maximum atomic E-state index is 5.47. The van der Waals surface area contributed by atoms with E-state index in [9.17, 15) is 0 Å². The van der Waals surface area contributed by atoms with Crippen molar-refractivity contribution in [1.82, 2.24) is 14.9 Å². The number of anilines is 2. The molecule has 2 aliphatic rings. The summed E-state index contributed by atoms with van der Waals surface area (Å²) in [5.41, 5.74) is 3.71. The first-order chi connectivity index (χ1) is 12.7. The molecule has 140 valence electrons. The number of hydrogen-bond acceptors (Lipinski definition) is 7. The van der Waals surface area contributed by atoms with Gasteiger partial charge in [-0.05, 0) is 12.5 Å². The SMILES string of the molecule is CN(C)c1nc(N2CCOCC2)nc2c1CCN(Cc1ccoc1)CC2. The molecule has 0 N–H and O–H groups in total. The van der Waals surface area contributed by atoms with Gasteiger partial charge in [0, 0.05) is 64.4 Å². The minimum atomic E-state index is 0.746. The first kappa shape index (κ1) is 17.3. The van der Waals surface area contributed by atoms with Gasteiger partial charge in [0.25, 0.3) is 0 Å². The van der Waals surface area contributed by atoms with Gasteiger partial charge in [-0.15, -0.1) is 0 Å². The molecule has 1 saturated heterocycles. The quantitative estimate of drug-likeness (QED) is 0.823. The van der Waals surface area contributed by atoms with Crippen molar-refractivity contribution < 1.29 is 9.15 Å². The Labute approximate surface area is 154 Å². The van der Waals surface area contributed by atoms with Crippen LogP contribution in [-0.2, 0) is 24.1 Å². The van der Waals surface area contributed by atoms with Crippen molar-refractivity contribution in [2.75, 3.05) is 63.3 Å². The van der Waals surface area contributed by atoms with E-state index in [1.165, 1.54) is 16.8 Å². The molecule has 0 atom stereocenters. The molecule has 1 fully saturated rings. The first-order valence-corrected chi connectivity index (χ1v) is 9.34. The predicted molar refractivity (Wildman–Crippen MR) is 101 cm³/mol. The number of hydrogen-bond donors (Lipinski definition) is 0. The highest BCUT2D eigenvalue weighted by atomic mass is 16.5. The summed E-state index contributed by atoms with van der Waals surface area (Å²) in [5, 5.41) is 0. The number of furan rings is 1. The predicted octanol–water partition coefficient (Wildman–Crippen LogP) is 1.57. The average molecular weight is 357 g/mol. The van der Waals surface area contributed by atoms with Crippen molar-refractivity contribution in [2.45, 2.75) is 19.4 Å². The minimum Gasteiger partial charge on any atom is -0.472 e. The standard InChI is InChI=1S/C19H27N5O2/c1-22(2)18-16-3-6-23(13-15-5-10-26-14-15)7-4-17(16)20-19(21-18)24-8-11-25-12-9-24/h5,10,14H,3-4,6-9,11-13H2,1-2H3. The van der Waals surface area contributed by atoms with Crippen molar-refractivity contribution >= 4 is 11.8 Å². The third-order valence-corrected chi connectivity index (χ3v) is 5.11. The lowest BCUT2D eigenvalue weighted by molar-refractivity contribution is 0.122. The molecule has 0 saturated carbocycles. The largest absolute Gasteiger partial charge is 0.472 e. The van der Waals surface area contributed by atoms with E-state index >= 15 is 0 Å². The summed E-state index contributed by atoms with van der Waals surface area (Å²) in [4.78, 5) is 16.7. The Morgan fingerprint density at radius 3 is 2.62 bits per heavy atom. The second kappa shape index (κ2) is 7.63. The van der Waals surface area contributed by atoms with Crippen LogP contribution in [0.3, 0.4) is 0 Å². The Morgan fingerprint density at radius 1 is 1.08 bits per heavy atom. The molecule has 7 heteroatoms. The van der Waals surface area contributed by atoms with Crippen LogP contribution in [0.2, 0.25) is 0 Å². The Morgan fingerprint density at radius 2 is 1.88 bits per heavy atom. The van der Waals surface area contributed by atoms with Crippen LogP contribution in [0, 0.1) is 0 Å². The van der Waals surface area contributed by atoms with Crippen LogP contribution in [0.25, 0.3) is 0 Å². The van der Waals surface area contributed by atoms with Gasteiger partial charge in [0.2, 0.25) is 5.95 Å². The number of aromatic nitrogens is 2. The molecule has 2 aromatic rings. The second-order valence-electron chi connectivity index (χ2n) is 7.17. The van der Waals surface area contributed by atoms with Crippen molar-refractivity contribution in [3.05, 3.63) is 35.4 Å². The molecule has 2 aliphatic heterocycles. The molecular weight excluding hydrogens is 330 g/mol. The number of nitrogens with zero attached hydrogens (tertiary/aromatic N) is 5. The first-order valence-electron chi connectivity index (χ1n) is 9.34. The van der Waals surface area contributed by atoms with Gasteiger partial charge in [-0.2, -0.15) is 4.98 Å². The highest BCUT2D eigenvalue weighted by Crippen LogP contribution is 2.27. The Hall–Kier alpha value is -2.12. The van der Waals surface area contributed by atoms with Crippen LogP contribution in [0.5, 0.6) is 0 Å². The van der Waals surface area contributed by atoms with E-state index < -0.39 is 0 Å². The zero-order chi connectivity index (χ0) is 17.9. The van der Waals surface area contributed by atoms with Crippen molar-refractivity contribution in [1.29, 1.82) is 0 Å². The number of fused-ring (bicyclic) bond motifs is 1. The Kier molecular flexibility index (Phi) is 5.08. The summed E-state index contributed by atoms with van der Waals surface area (Å²) in [5.74, 6) is 1.90. The van der Waals surface area contributed by atoms with Gasteiger partial charge >= 0.3 is 0 Å². The van der Waals surface area contributed by atoms with Crippen LogP contribution in [0.1, 0.15) is 16.8 Å². The zero-order valence-electron chi connectivity index (χ0n) is 15.6. The number of rotatable bonds is 4. The third kappa shape index (κ3) is 3.68. The number of ether oxygens (including phenoxy) is 1. The topological polar surface area (TPSA) is 57.9 Å². The maximum Gasteiger partial charge on any atom is 0.227 e. The van der Waals surface area contributed by atoms with E-state index in [2.05, 4.69) is 28.8 Å². The molecule has 7 nitrogen and oxygen atoms in total. The van der Waals surface area contributed by atoms with Gasteiger partial charge in [0.15, 0.2) is 0 Å². The van der Waals surface area contributed by atoms with E-state index in [-0.39, 0.29) is 0 Å². The van der Waals surface area contributed by atoms with Crippen LogP contribution < -0.4 is 9.80 Å². The minimum absolute atomic E-state index is 0.746. The molecule has 0 unspecified atom stereocenters. The van der Waals surface area contributed by atoms with Gasteiger partial charge in [-0.1, -0.05) is 0 Å². The van der Waals surface area contributed by atoms with E-state index in [4.69, 9.17) is 19.1 Å². The van der Waals surface area contributed by atoms with E-state index in [0.29, 0.717) is 0 Å². The summed E-state index contributed by atoms with van der Waals surface area (Å²) in [6, 6.07) is 2.04. The summed E-state index contributed by atoms with van der Waals surface area (Å²) in [6.45, 7) is 6.15. The molecule has 4 rings (SSSR count). The fourth-order valence-electron chi connectivity index (χ4n) is 3.69. The van der Waals surface area contributed by atoms with E-state index in [1.54, 1.807) is 6.26 Å². The summed E-state index contributed by atoms with van der Waals surface area (Å²) in [6.07, 6.45) is 5.50. The Balaban J connectivity index is 1.58. The van der Waals surface area contributed by atoms with Gasteiger partial charge in [-0.25, -0.2) is 4.98 Å². The summed E-state index contributed by atoms with van der Waals surface area (Å²) >= 11 is 0. The van der Waals surface area contributed by atoms with Crippen LogP contribution >= 0.6 is 0 Å². The highest BCUT2D eigenvalue weighted by molar-refractivity contribution is 5.53. The second-order valence-corrected chi connectivity index (χ2v) is 7.17. The molecule has 26 heavy (non-hydrogen) atoms. The van der Waals surface area contributed by atoms with Crippen molar-refractivity contribution in [3.8, 4) is 0 Å². The van der Waals surface area contributed by atoms with Gasteiger partial charge < -0.3 is 19.0 Å². The molecule has 2 aromatic heterocycles. The molecule has 0 bridgehead atoms. The fraction of sp³-hybridized carbons (Fsp3) is 0.579. The summed E-state index contributed by atoms with van der Waals surface area (Å²) in [7, 11) is 4.14. The highest BCUT2D eigenvalue weighted by Gasteiger charge is 2.23. The van der Waals surface area contributed by atoms with Crippen LogP contribution in [0.15, 0.2) is 23.0 Å². The third-order valence-electron chi connectivity index (χ3n) is 5.11. The maximum absolute atomic E-state index is 5.47. The lowest BCUT2D eigenvalue weighted by Crippen LogP contribution is -2.38. The average Bonchev–Trinajstić information content (AvgIpc) is 3.09. The van der Waals surface area contributed by atoms with E-state index in [1.807, 2.05) is 12.3 Å². The molecule has 0 radical (unpaired) electrons. The smallest absolute Gasteiger partial charge is 0.227 e. The van der Waals surface area contributed by atoms with Crippen molar-refractivity contribution in [3.63, 3.8) is 0 Å². The normalized spacial score (nSPS) is 18.5. The molecule has 0 amide bonds. The van der Waals surface area contributed by atoms with Gasteiger partial charge in [0.05, 0.1) is 31.4 Å². The van der Waals surface area contributed by atoms with Gasteiger partial charge in [-0.3, -0.25) is 4.90 Å². The van der Waals surface area contributed by atoms with Crippen LogP contribution in [0.4, 0.5) is 11.8 Å². The summed E-state index contributed by atoms with van der Waals surface area (Å²) < 4.78 is 10.7. The molecule has 4 heterocycles. The fourth-order valence-corrected chi connectivity index (χ4v) is 3.69. The number of morpholine rings is 1. The zero-order valence-corrected chi connectivity index (χ0v) is 15.6. The molecular formula is C19H27N5O2. The molecule has 0 aromatic carbocycles. The van der Waals surface area contributed by atoms with Crippen LogP contribution in [-0.4, -0.2) is 68.4 Å². The van der Waals surface area contributed by atoms with Gasteiger partial charge in [0.1, 0.15) is 5.82 Å². The Bertz CT molecular complexity index is 726. The lowest BCUT2D eigenvalue weighted by atomic mass is 10.1. The lowest BCUT2D eigenvalue weighted by Gasteiger charge is -2.29. The van der Waals surface area contributed by atoms with E-state index in [0.717, 1.165) is 70.5 Å².